The van der Waals surface area contributed by atoms with E-state index in [1.54, 1.807) is 0 Å². The van der Waals surface area contributed by atoms with Gasteiger partial charge in [-0.1, -0.05) is 25.3 Å². The summed E-state index contributed by atoms with van der Waals surface area (Å²) in [6.07, 6.45) is 6.64. The van der Waals surface area contributed by atoms with Crippen molar-refractivity contribution >= 4 is 5.71 Å². The average molecular weight is 180 g/mol. The Hall–Kier alpha value is -0.790. The molecule has 1 aliphatic rings. The van der Waals surface area contributed by atoms with Crippen LogP contribution in [-0.4, -0.2) is 23.7 Å². The minimum Gasteiger partial charge on any atom is -0.372 e. The van der Waals surface area contributed by atoms with Crippen LogP contribution in [0.4, 0.5) is 0 Å². The molecule has 0 saturated heterocycles. The van der Waals surface area contributed by atoms with Gasteiger partial charge in [0.15, 0.2) is 0 Å². The second kappa shape index (κ2) is 4.45. The Bertz CT molecular complexity index is 218. The highest BCUT2D eigenvalue weighted by Gasteiger charge is 2.21. The number of nitrogens with one attached hydrogen (secondary N) is 1. The first kappa shape index (κ1) is 10.3. The fourth-order valence-corrected chi connectivity index (χ4v) is 1.92. The van der Waals surface area contributed by atoms with E-state index in [1.807, 2.05) is 0 Å². The lowest BCUT2D eigenvalue weighted by Gasteiger charge is -2.32. The van der Waals surface area contributed by atoms with Crippen LogP contribution in [0.15, 0.2) is 11.8 Å². The van der Waals surface area contributed by atoms with Gasteiger partial charge in [-0.15, -0.1) is 0 Å². The molecule has 1 atom stereocenters. The smallest absolute Gasteiger partial charge is 0.0662 e. The predicted octanol–water partition coefficient (Wildman–Crippen LogP) is 2.80. The van der Waals surface area contributed by atoms with Crippen molar-refractivity contribution in [3.05, 3.63) is 11.8 Å². The lowest BCUT2D eigenvalue weighted by molar-refractivity contribution is 0.362. The topological polar surface area (TPSA) is 27.1 Å². The third-order valence-corrected chi connectivity index (χ3v) is 2.62. The summed E-state index contributed by atoms with van der Waals surface area (Å²) in [5.41, 5.74) is 2.19. The highest BCUT2D eigenvalue weighted by molar-refractivity contribution is 5.89. The number of nitrogens with zero attached hydrogens (tertiary/aromatic N) is 1. The van der Waals surface area contributed by atoms with E-state index in [1.165, 1.54) is 18.4 Å². The molecule has 1 rings (SSSR count). The third-order valence-electron chi connectivity index (χ3n) is 2.62. The number of unbranched alkanes of at least 4 members (excludes halogenated alkanes) is 1. The number of hydrogen-bond acceptors (Lipinski definition) is 2. The van der Waals surface area contributed by atoms with Gasteiger partial charge in [0.1, 0.15) is 0 Å². The van der Waals surface area contributed by atoms with Crippen molar-refractivity contribution in [3.63, 3.8) is 0 Å². The summed E-state index contributed by atoms with van der Waals surface area (Å²) in [6, 6.07) is 0.364. The van der Waals surface area contributed by atoms with E-state index in [4.69, 9.17) is 5.41 Å². The molecule has 1 heterocycles. The molecular formula is C11H20N2. The lowest BCUT2D eigenvalue weighted by Crippen LogP contribution is -2.38. The fraction of sp³-hybridized carbons (Fsp3) is 0.727. The molecule has 1 N–H and O–H groups in total. The molecule has 2 heteroatoms. The Labute approximate surface area is 81.1 Å². The zero-order valence-electron chi connectivity index (χ0n) is 8.93. The Morgan fingerprint density at radius 1 is 1.62 bits per heavy atom. The van der Waals surface area contributed by atoms with E-state index in [9.17, 15) is 0 Å². The van der Waals surface area contributed by atoms with Crippen molar-refractivity contribution in [1.29, 1.82) is 5.41 Å². The van der Waals surface area contributed by atoms with E-state index < -0.39 is 0 Å². The second-order valence-electron chi connectivity index (χ2n) is 4.00. The van der Waals surface area contributed by atoms with E-state index in [2.05, 4.69) is 32.0 Å². The van der Waals surface area contributed by atoms with E-state index >= 15 is 0 Å². The first-order valence-corrected chi connectivity index (χ1v) is 5.11. The van der Waals surface area contributed by atoms with Crippen LogP contribution in [-0.2, 0) is 0 Å². The normalized spacial score (nSPS) is 23.3. The van der Waals surface area contributed by atoms with E-state index in [-0.39, 0.29) is 0 Å². The van der Waals surface area contributed by atoms with Crippen LogP contribution >= 0.6 is 0 Å². The van der Waals surface area contributed by atoms with Gasteiger partial charge in [0.05, 0.1) is 6.04 Å². The molecule has 0 aromatic carbocycles. The molecule has 0 fully saturated rings. The highest BCUT2D eigenvalue weighted by atomic mass is 15.1. The monoisotopic (exact) mass is 180 g/mol. The molecule has 0 spiro atoms. The first-order chi connectivity index (χ1) is 6.15. The Kier molecular flexibility index (Phi) is 3.52. The number of rotatable bonds is 3. The van der Waals surface area contributed by atoms with Crippen LogP contribution in [0.5, 0.6) is 0 Å². The summed E-state index contributed by atoms with van der Waals surface area (Å²) in [5, 5.41) is 7.90. The van der Waals surface area contributed by atoms with Crippen molar-refractivity contribution < 1.29 is 0 Å². The van der Waals surface area contributed by atoms with Crippen LogP contribution in [0.3, 0.4) is 0 Å². The summed E-state index contributed by atoms with van der Waals surface area (Å²) in [6.45, 7) is 4.30. The Morgan fingerprint density at radius 2 is 2.31 bits per heavy atom. The standard InChI is InChI=1S/C11H20N2/c1-4-5-6-11-10(12)7-9(2)8-13(11)3/h8,11-12H,4-7H2,1-3H3. The van der Waals surface area contributed by atoms with Crippen molar-refractivity contribution in [3.8, 4) is 0 Å². The Balaban J connectivity index is 2.58. The molecule has 13 heavy (non-hydrogen) atoms. The van der Waals surface area contributed by atoms with Crippen LogP contribution in [0, 0.1) is 5.41 Å². The first-order valence-electron chi connectivity index (χ1n) is 5.11. The van der Waals surface area contributed by atoms with Gasteiger partial charge in [-0.2, -0.15) is 0 Å². The van der Waals surface area contributed by atoms with Crippen molar-refractivity contribution in [2.24, 2.45) is 0 Å². The van der Waals surface area contributed by atoms with Gasteiger partial charge in [0, 0.05) is 19.2 Å². The van der Waals surface area contributed by atoms with Crippen LogP contribution in [0.2, 0.25) is 0 Å². The quantitative estimate of drug-likeness (QED) is 0.710. The van der Waals surface area contributed by atoms with Gasteiger partial charge in [-0.25, -0.2) is 0 Å². The molecule has 2 nitrogen and oxygen atoms in total. The molecule has 1 unspecified atom stereocenters. The lowest BCUT2D eigenvalue weighted by atomic mass is 9.95. The van der Waals surface area contributed by atoms with Crippen LogP contribution < -0.4 is 0 Å². The van der Waals surface area contributed by atoms with Gasteiger partial charge in [0.2, 0.25) is 0 Å². The minimum atomic E-state index is 0.364. The molecule has 74 valence electrons. The summed E-state index contributed by atoms with van der Waals surface area (Å²) >= 11 is 0. The molecule has 0 bridgehead atoms. The summed E-state index contributed by atoms with van der Waals surface area (Å²) in [4.78, 5) is 2.19. The highest BCUT2D eigenvalue weighted by Crippen LogP contribution is 2.19. The third kappa shape index (κ3) is 2.58. The van der Waals surface area contributed by atoms with Gasteiger partial charge >= 0.3 is 0 Å². The van der Waals surface area contributed by atoms with Crippen molar-refractivity contribution in [1.82, 2.24) is 4.90 Å². The molecule has 0 aliphatic carbocycles. The molecular weight excluding hydrogens is 160 g/mol. The van der Waals surface area contributed by atoms with Gasteiger partial charge in [-0.05, 0) is 19.5 Å². The van der Waals surface area contributed by atoms with Crippen molar-refractivity contribution in [2.75, 3.05) is 7.05 Å². The minimum absolute atomic E-state index is 0.364. The van der Waals surface area contributed by atoms with E-state index in [0.717, 1.165) is 18.6 Å². The molecule has 0 saturated carbocycles. The largest absolute Gasteiger partial charge is 0.372 e. The van der Waals surface area contributed by atoms with Crippen LogP contribution in [0.1, 0.15) is 39.5 Å². The summed E-state index contributed by atoms with van der Waals surface area (Å²) < 4.78 is 0. The predicted molar refractivity (Wildman–Crippen MR) is 57.2 cm³/mol. The summed E-state index contributed by atoms with van der Waals surface area (Å²) in [5.74, 6) is 0. The van der Waals surface area contributed by atoms with Gasteiger partial charge in [0.25, 0.3) is 0 Å². The van der Waals surface area contributed by atoms with E-state index in [0.29, 0.717) is 6.04 Å². The SMILES string of the molecule is CCCCC1C(=N)CC(C)=CN1C. The molecule has 1 aliphatic heterocycles. The van der Waals surface area contributed by atoms with Crippen molar-refractivity contribution in [2.45, 2.75) is 45.6 Å². The molecule has 0 amide bonds. The molecule has 0 radical (unpaired) electrons. The Morgan fingerprint density at radius 3 is 2.85 bits per heavy atom. The zero-order valence-corrected chi connectivity index (χ0v) is 8.93. The summed E-state index contributed by atoms with van der Waals surface area (Å²) in [7, 11) is 2.08. The second-order valence-corrected chi connectivity index (χ2v) is 4.00. The maximum absolute atomic E-state index is 7.90. The maximum Gasteiger partial charge on any atom is 0.0662 e. The zero-order chi connectivity index (χ0) is 9.84. The van der Waals surface area contributed by atoms with Gasteiger partial charge < -0.3 is 10.3 Å². The maximum atomic E-state index is 7.90. The molecule has 0 aromatic heterocycles. The fourth-order valence-electron chi connectivity index (χ4n) is 1.92. The van der Waals surface area contributed by atoms with Crippen LogP contribution in [0.25, 0.3) is 0 Å². The average Bonchev–Trinajstić information content (AvgIpc) is 2.02. The van der Waals surface area contributed by atoms with Gasteiger partial charge in [-0.3, -0.25) is 0 Å². The molecule has 0 aromatic rings. The number of hydrogen-bond donors (Lipinski definition) is 1. The number of allylic oxidation sites excluding steroid dienone is 1.